The van der Waals surface area contributed by atoms with Gasteiger partial charge in [-0.2, -0.15) is 13.2 Å². The van der Waals surface area contributed by atoms with Gasteiger partial charge in [0.05, 0.1) is 5.56 Å². The van der Waals surface area contributed by atoms with Crippen molar-refractivity contribution in [3.8, 4) is 5.75 Å². The number of aldehydes is 2. The third-order valence-electron chi connectivity index (χ3n) is 3.00. The standard InChI is InChI=1S/C16H11F3O3/c17-16(18,19)14-4-1-11(2-5-14)10-22-15-6-3-12(8-20)13(7-15)9-21/h1-9H,10H2. The molecule has 0 aliphatic carbocycles. The molecule has 0 amide bonds. The van der Waals surface area contributed by atoms with Crippen LogP contribution in [0.1, 0.15) is 31.8 Å². The Hall–Kier alpha value is -2.63. The molecule has 0 fully saturated rings. The quantitative estimate of drug-likeness (QED) is 0.787. The van der Waals surface area contributed by atoms with Crippen LogP contribution in [0, 0.1) is 0 Å². The van der Waals surface area contributed by atoms with Crippen LogP contribution in [0.2, 0.25) is 0 Å². The summed E-state index contributed by atoms with van der Waals surface area (Å²) in [6.45, 7) is 0.0525. The van der Waals surface area contributed by atoms with Crippen LogP contribution >= 0.6 is 0 Å². The van der Waals surface area contributed by atoms with Gasteiger partial charge < -0.3 is 4.74 Å². The zero-order valence-electron chi connectivity index (χ0n) is 11.3. The van der Waals surface area contributed by atoms with Crippen LogP contribution in [0.15, 0.2) is 42.5 Å². The molecule has 0 aliphatic heterocycles. The molecule has 114 valence electrons. The molecule has 0 spiro atoms. The summed E-state index contributed by atoms with van der Waals surface area (Å²) in [5, 5.41) is 0. The summed E-state index contributed by atoms with van der Waals surface area (Å²) in [6, 6.07) is 8.96. The minimum absolute atomic E-state index is 0.0525. The van der Waals surface area contributed by atoms with E-state index in [1.54, 1.807) is 0 Å². The Labute approximate surface area is 124 Å². The molecule has 3 nitrogen and oxygen atoms in total. The number of carbonyl (C=O) groups excluding carboxylic acids is 2. The number of alkyl halides is 3. The highest BCUT2D eigenvalue weighted by Gasteiger charge is 2.29. The molecule has 0 N–H and O–H groups in total. The maximum absolute atomic E-state index is 12.4. The molecule has 0 radical (unpaired) electrons. The molecular formula is C16H11F3O3. The van der Waals surface area contributed by atoms with Gasteiger partial charge in [0.2, 0.25) is 0 Å². The molecule has 0 atom stereocenters. The van der Waals surface area contributed by atoms with Crippen LogP contribution in [0.3, 0.4) is 0 Å². The van der Waals surface area contributed by atoms with Crippen LogP contribution in [-0.4, -0.2) is 12.6 Å². The molecule has 0 unspecified atom stereocenters. The lowest BCUT2D eigenvalue weighted by atomic mass is 10.1. The molecule has 2 aromatic rings. The second-order valence-corrected chi connectivity index (χ2v) is 4.51. The second-order valence-electron chi connectivity index (χ2n) is 4.51. The topological polar surface area (TPSA) is 43.4 Å². The average Bonchev–Trinajstić information content (AvgIpc) is 2.52. The van der Waals surface area contributed by atoms with E-state index in [4.69, 9.17) is 4.74 Å². The smallest absolute Gasteiger partial charge is 0.416 e. The van der Waals surface area contributed by atoms with Gasteiger partial charge in [-0.25, -0.2) is 0 Å². The largest absolute Gasteiger partial charge is 0.489 e. The van der Waals surface area contributed by atoms with Crippen LogP contribution in [0.5, 0.6) is 5.75 Å². The van der Waals surface area contributed by atoms with Gasteiger partial charge in [0.1, 0.15) is 12.4 Å². The summed E-state index contributed by atoms with van der Waals surface area (Å²) < 4.78 is 42.7. The van der Waals surface area contributed by atoms with Gasteiger partial charge in [-0.1, -0.05) is 12.1 Å². The highest BCUT2D eigenvalue weighted by atomic mass is 19.4. The van der Waals surface area contributed by atoms with E-state index in [2.05, 4.69) is 0 Å². The maximum atomic E-state index is 12.4. The van der Waals surface area contributed by atoms with Crippen molar-refractivity contribution in [2.75, 3.05) is 0 Å². The minimum Gasteiger partial charge on any atom is -0.489 e. The summed E-state index contributed by atoms with van der Waals surface area (Å²) in [4.78, 5) is 21.5. The maximum Gasteiger partial charge on any atom is 0.416 e. The van der Waals surface area contributed by atoms with Crippen molar-refractivity contribution >= 4 is 12.6 Å². The Balaban J connectivity index is 2.07. The van der Waals surface area contributed by atoms with E-state index in [0.29, 0.717) is 23.9 Å². The lowest BCUT2D eigenvalue weighted by Gasteiger charge is -2.09. The van der Waals surface area contributed by atoms with Crippen molar-refractivity contribution in [2.45, 2.75) is 12.8 Å². The van der Waals surface area contributed by atoms with Crippen LogP contribution in [0.4, 0.5) is 13.2 Å². The third kappa shape index (κ3) is 3.72. The fourth-order valence-electron chi connectivity index (χ4n) is 1.81. The van der Waals surface area contributed by atoms with Gasteiger partial charge in [0.15, 0.2) is 12.6 Å². The van der Waals surface area contributed by atoms with Gasteiger partial charge in [-0.05, 0) is 35.9 Å². The van der Waals surface area contributed by atoms with E-state index in [1.165, 1.54) is 30.3 Å². The molecule has 6 heteroatoms. The number of hydrogen-bond donors (Lipinski definition) is 0. The van der Waals surface area contributed by atoms with E-state index in [-0.39, 0.29) is 17.7 Å². The summed E-state index contributed by atoms with van der Waals surface area (Å²) in [5.74, 6) is 0.354. The molecule has 0 saturated heterocycles. The molecule has 0 saturated carbocycles. The SMILES string of the molecule is O=Cc1ccc(OCc2ccc(C(F)(F)F)cc2)cc1C=O. The Morgan fingerprint density at radius 3 is 2.09 bits per heavy atom. The molecule has 0 aromatic heterocycles. The number of ether oxygens (including phenoxy) is 1. The zero-order valence-corrected chi connectivity index (χ0v) is 11.3. The number of benzene rings is 2. The fourth-order valence-corrected chi connectivity index (χ4v) is 1.81. The van der Waals surface area contributed by atoms with Gasteiger partial charge in [-0.3, -0.25) is 9.59 Å². The van der Waals surface area contributed by atoms with Crippen molar-refractivity contribution in [3.05, 3.63) is 64.7 Å². The first kappa shape index (κ1) is 15.8. The Kier molecular flexibility index (Phi) is 4.60. The number of halogens is 3. The van der Waals surface area contributed by atoms with Crippen molar-refractivity contribution in [3.63, 3.8) is 0 Å². The van der Waals surface area contributed by atoms with Crippen molar-refractivity contribution in [1.29, 1.82) is 0 Å². The third-order valence-corrected chi connectivity index (χ3v) is 3.00. The van der Waals surface area contributed by atoms with Gasteiger partial charge >= 0.3 is 6.18 Å². The predicted molar refractivity (Wildman–Crippen MR) is 73.0 cm³/mol. The normalized spacial score (nSPS) is 11.0. The van der Waals surface area contributed by atoms with Crippen LogP contribution in [0.25, 0.3) is 0 Å². The van der Waals surface area contributed by atoms with Crippen molar-refractivity contribution in [1.82, 2.24) is 0 Å². The first-order chi connectivity index (χ1) is 10.4. The number of hydrogen-bond acceptors (Lipinski definition) is 3. The molecule has 2 aromatic carbocycles. The minimum atomic E-state index is -4.37. The zero-order chi connectivity index (χ0) is 16.2. The molecular weight excluding hydrogens is 297 g/mol. The molecule has 0 bridgehead atoms. The molecule has 0 aliphatic rings. The van der Waals surface area contributed by atoms with Crippen LogP contribution < -0.4 is 4.74 Å². The first-order valence-corrected chi connectivity index (χ1v) is 6.27. The summed E-state index contributed by atoms with van der Waals surface area (Å²) in [6.07, 6.45) is -3.28. The Morgan fingerprint density at radius 1 is 0.909 bits per heavy atom. The lowest BCUT2D eigenvalue weighted by molar-refractivity contribution is -0.137. The van der Waals surface area contributed by atoms with Crippen molar-refractivity contribution < 1.29 is 27.5 Å². The summed E-state index contributed by atoms with van der Waals surface area (Å²) >= 11 is 0. The summed E-state index contributed by atoms with van der Waals surface area (Å²) in [7, 11) is 0. The number of rotatable bonds is 5. The van der Waals surface area contributed by atoms with Gasteiger partial charge in [0, 0.05) is 11.1 Å². The molecule has 2 rings (SSSR count). The highest BCUT2D eigenvalue weighted by molar-refractivity contribution is 5.90. The van der Waals surface area contributed by atoms with E-state index < -0.39 is 11.7 Å². The molecule has 0 heterocycles. The Bertz CT molecular complexity index is 676. The van der Waals surface area contributed by atoms with Crippen molar-refractivity contribution in [2.24, 2.45) is 0 Å². The van der Waals surface area contributed by atoms with Gasteiger partial charge in [0.25, 0.3) is 0 Å². The predicted octanol–water partition coefficient (Wildman–Crippen LogP) is 3.91. The summed E-state index contributed by atoms with van der Waals surface area (Å²) in [5.41, 5.74) is 0.270. The van der Waals surface area contributed by atoms with E-state index >= 15 is 0 Å². The van der Waals surface area contributed by atoms with E-state index in [0.717, 1.165) is 12.1 Å². The lowest BCUT2D eigenvalue weighted by Crippen LogP contribution is -2.05. The molecule has 22 heavy (non-hydrogen) atoms. The first-order valence-electron chi connectivity index (χ1n) is 6.27. The fraction of sp³-hybridized carbons (Fsp3) is 0.125. The van der Waals surface area contributed by atoms with E-state index in [1.807, 2.05) is 0 Å². The monoisotopic (exact) mass is 308 g/mol. The van der Waals surface area contributed by atoms with E-state index in [9.17, 15) is 22.8 Å². The highest BCUT2D eigenvalue weighted by Crippen LogP contribution is 2.29. The Morgan fingerprint density at radius 2 is 1.55 bits per heavy atom. The second kappa shape index (κ2) is 6.43. The van der Waals surface area contributed by atoms with Gasteiger partial charge in [-0.15, -0.1) is 0 Å². The average molecular weight is 308 g/mol. The number of carbonyl (C=O) groups is 2. The van der Waals surface area contributed by atoms with Crippen LogP contribution in [-0.2, 0) is 12.8 Å².